The average molecular weight is 337 g/mol. The lowest BCUT2D eigenvalue weighted by Crippen LogP contribution is -2.50. The van der Waals surface area contributed by atoms with Gasteiger partial charge in [-0.15, -0.1) is 0 Å². The summed E-state index contributed by atoms with van der Waals surface area (Å²) in [5, 5.41) is 10.2. The minimum absolute atomic E-state index is 0.146. The number of benzene rings is 1. The van der Waals surface area contributed by atoms with Crippen LogP contribution in [0, 0.1) is 0 Å². The first-order valence-electron chi connectivity index (χ1n) is 7.34. The Hall–Kier alpha value is -2.05. The van der Waals surface area contributed by atoms with Gasteiger partial charge in [-0.1, -0.05) is 29.8 Å². The van der Waals surface area contributed by atoms with Crippen molar-refractivity contribution in [2.45, 2.75) is 12.5 Å². The summed E-state index contributed by atoms with van der Waals surface area (Å²) in [4.78, 5) is 25.6. The van der Waals surface area contributed by atoms with Crippen molar-refractivity contribution in [2.75, 3.05) is 19.8 Å². The first-order valence-corrected chi connectivity index (χ1v) is 7.72. The fourth-order valence-electron chi connectivity index (χ4n) is 3.01. The summed E-state index contributed by atoms with van der Waals surface area (Å²) >= 11 is 6.41. The van der Waals surface area contributed by atoms with Gasteiger partial charge >= 0.3 is 5.97 Å². The molecular formula is C16H17ClN2O4. The second-order valence-corrected chi connectivity index (χ2v) is 5.94. The van der Waals surface area contributed by atoms with Crippen molar-refractivity contribution < 1.29 is 19.4 Å². The number of carbonyl (C=O) groups is 2. The normalized spacial score (nSPS) is 18.3. The molecule has 0 radical (unpaired) electrons. The van der Waals surface area contributed by atoms with E-state index in [-0.39, 0.29) is 18.9 Å². The minimum atomic E-state index is -0.957. The molecule has 0 aliphatic carbocycles. The number of aliphatic carboxylic acids is 1. The maximum atomic E-state index is 13.0. The van der Waals surface area contributed by atoms with Gasteiger partial charge < -0.3 is 19.3 Å². The molecule has 7 heteroatoms. The molecule has 2 aromatic rings. The summed E-state index contributed by atoms with van der Waals surface area (Å²) in [6, 6.07) is 7.02. The van der Waals surface area contributed by atoms with E-state index in [9.17, 15) is 9.59 Å². The molecule has 1 aromatic heterocycles. The van der Waals surface area contributed by atoms with E-state index in [0.717, 1.165) is 10.9 Å². The molecule has 2 heterocycles. The van der Waals surface area contributed by atoms with Crippen molar-refractivity contribution in [3.63, 3.8) is 0 Å². The zero-order chi connectivity index (χ0) is 16.6. The highest BCUT2D eigenvalue weighted by Crippen LogP contribution is 2.31. The lowest BCUT2D eigenvalue weighted by Gasteiger charge is -2.35. The summed E-state index contributed by atoms with van der Waals surface area (Å²) in [5.74, 6) is -1.22. The number of rotatable bonds is 3. The minimum Gasteiger partial charge on any atom is -0.481 e. The summed E-state index contributed by atoms with van der Waals surface area (Å²) in [6.45, 7) is 0.970. The molecule has 1 saturated heterocycles. The Morgan fingerprint density at radius 3 is 2.83 bits per heavy atom. The number of morpholine rings is 1. The standard InChI is InChI=1S/C16H17ClN2O4/c1-18-12-5-3-2-4-11(12)14(17)15(18)16(22)19-6-7-23-9-10(19)8-13(20)21/h2-5,10H,6-9H2,1H3,(H,20,21). The van der Waals surface area contributed by atoms with Gasteiger partial charge in [-0.3, -0.25) is 9.59 Å². The summed E-state index contributed by atoms with van der Waals surface area (Å²) in [7, 11) is 1.79. The van der Waals surface area contributed by atoms with Crippen LogP contribution in [0.4, 0.5) is 0 Å². The third-order valence-corrected chi connectivity index (χ3v) is 4.53. The second kappa shape index (κ2) is 6.22. The van der Waals surface area contributed by atoms with Crippen LogP contribution in [0.25, 0.3) is 10.9 Å². The molecule has 1 aliphatic rings. The molecule has 0 bridgehead atoms. The third-order valence-electron chi connectivity index (χ3n) is 4.15. The highest BCUT2D eigenvalue weighted by molar-refractivity contribution is 6.38. The lowest BCUT2D eigenvalue weighted by molar-refractivity contribution is -0.139. The van der Waals surface area contributed by atoms with E-state index in [1.165, 1.54) is 0 Å². The van der Waals surface area contributed by atoms with Crippen LogP contribution in [-0.2, 0) is 16.6 Å². The number of aromatic nitrogens is 1. The number of fused-ring (bicyclic) bond motifs is 1. The number of amides is 1. The fraction of sp³-hybridized carbons (Fsp3) is 0.375. The number of ether oxygens (including phenoxy) is 1. The first-order chi connectivity index (χ1) is 11.0. The van der Waals surface area contributed by atoms with Gasteiger partial charge in [-0.05, 0) is 6.07 Å². The molecule has 1 fully saturated rings. The molecule has 1 atom stereocenters. The van der Waals surface area contributed by atoms with Crippen LogP contribution in [0.15, 0.2) is 24.3 Å². The van der Waals surface area contributed by atoms with Crippen molar-refractivity contribution >= 4 is 34.4 Å². The quantitative estimate of drug-likeness (QED) is 0.932. The lowest BCUT2D eigenvalue weighted by atomic mass is 10.1. The van der Waals surface area contributed by atoms with E-state index in [2.05, 4.69) is 0 Å². The molecule has 3 rings (SSSR count). The van der Waals surface area contributed by atoms with Gasteiger partial charge in [0, 0.05) is 24.5 Å². The van der Waals surface area contributed by atoms with Gasteiger partial charge in [-0.25, -0.2) is 0 Å². The number of hydrogen-bond acceptors (Lipinski definition) is 3. The number of hydrogen-bond donors (Lipinski definition) is 1. The Morgan fingerprint density at radius 1 is 1.39 bits per heavy atom. The van der Waals surface area contributed by atoms with Gasteiger partial charge in [0.05, 0.1) is 30.7 Å². The molecule has 0 saturated carbocycles. The van der Waals surface area contributed by atoms with Crippen LogP contribution in [0.5, 0.6) is 0 Å². The average Bonchev–Trinajstić information content (AvgIpc) is 2.79. The topological polar surface area (TPSA) is 71.8 Å². The Bertz CT molecular complexity index is 732. The van der Waals surface area contributed by atoms with E-state index >= 15 is 0 Å². The van der Waals surface area contributed by atoms with Gasteiger partial charge in [-0.2, -0.15) is 0 Å². The van der Waals surface area contributed by atoms with Crippen molar-refractivity contribution in [1.29, 1.82) is 0 Å². The molecule has 1 N–H and O–H groups in total. The fourth-order valence-corrected chi connectivity index (χ4v) is 3.38. The third kappa shape index (κ3) is 2.80. The number of halogens is 1. The molecular weight excluding hydrogens is 320 g/mol. The Morgan fingerprint density at radius 2 is 2.13 bits per heavy atom. The largest absolute Gasteiger partial charge is 0.481 e. The van der Waals surface area contributed by atoms with Crippen molar-refractivity contribution in [3.05, 3.63) is 35.0 Å². The van der Waals surface area contributed by atoms with Crippen LogP contribution >= 0.6 is 11.6 Å². The molecule has 122 valence electrons. The number of para-hydroxylation sites is 1. The monoisotopic (exact) mass is 336 g/mol. The highest BCUT2D eigenvalue weighted by atomic mass is 35.5. The van der Waals surface area contributed by atoms with Crippen LogP contribution in [-0.4, -0.2) is 52.3 Å². The van der Waals surface area contributed by atoms with E-state index in [0.29, 0.717) is 23.9 Å². The van der Waals surface area contributed by atoms with Gasteiger partial charge in [0.2, 0.25) is 0 Å². The number of aryl methyl sites for hydroxylation is 1. The molecule has 1 amide bonds. The summed E-state index contributed by atoms with van der Waals surface area (Å²) in [6.07, 6.45) is -0.146. The van der Waals surface area contributed by atoms with E-state index in [1.54, 1.807) is 16.5 Å². The molecule has 1 aromatic carbocycles. The predicted molar refractivity (Wildman–Crippen MR) is 85.8 cm³/mol. The maximum Gasteiger partial charge on any atom is 0.305 e. The second-order valence-electron chi connectivity index (χ2n) is 5.56. The number of carbonyl (C=O) groups excluding carboxylic acids is 1. The van der Waals surface area contributed by atoms with Gasteiger partial charge in [0.15, 0.2) is 0 Å². The first kappa shape index (κ1) is 15.8. The highest BCUT2D eigenvalue weighted by Gasteiger charge is 2.32. The van der Waals surface area contributed by atoms with Gasteiger partial charge in [0.1, 0.15) is 5.69 Å². The summed E-state index contributed by atoms with van der Waals surface area (Å²) in [5.41, 5.74) is 1.24. The Labute approximate surface area is 138 Å². The summed E-state index contributed by atoms with van der Waals surface area (Å²) < 4.78 is 7.08. The molecule has 0 spiro atoms. The molecule has 23 heavy (non-hydrogen) atoms. The predicted octanol–water partition coefficient (Wildman–Crippen LogP) is 2.15. The van der Waals surface area contributed by atoms with Crippen LogP contribution in [0.2, 0.25) is 5.02 Å². The van der Waals surface area contributed by atoms with Gasteiger partial charge in [0.25, 0.3) is 5.91 Å². The van der Waals surface area contributed by atoms with E-state index < -0.39 is 12.0 Å². The zero-order valence-electron chi connectivity index (χ0n) is 12.7. The Balaban J connectivity index is 2.00. The van der Waals surface area contributed by atoms with Crippen LogP contribution in [0.3, 0.4) is 0 Å². The van der Waals surface area contributed by atoms with E-state index in [1.807, 2.05) is 24.3 Å². The number of nitrogens with zero attached hydrogens (tertiary/aromatic N) is 2. The van der Waals surface area contributed by atoms with Crippen LogP contribution in [0.1, 0.15) is 16.9 Å². The molecule has 1 aliphatic heterocycles. The van der Waals surface area contributed by atoms with Crippen molar-refractivity contribution in [3.8, 4) is 0 Å². The number of carboxylic acids is 1. The zero-order valence-corrected chi connectivity index (χ0v) is 13.4. The maximum absolute atomic E-state index is 13.0. The van der Waals surface area contributed by atoms with E-state index in [4.69, 9.17) is 21.4 Å². The number of carboxylic acid groups (broad SMARTS) is 1. The van der Waals surface area contributed by atoms with Crippen molar-refractivity contribution in [1.82, 2.24) is 9.47 Å². The smallest absolute Gasteiger partial charge is 0.305 e. The van der Waals surface area contributed by atoms with Crippen LogP contribution < -0.4 is 0 Å². The molecule has 6 nitrogen and oxygen atoms in total. The molecule has 1 unspecified atom stereocenters. The Kier molecular flexibility index (Phi) is 4.28. The SMILES string of the molecule is Cn1c(C(=O)N2CCOCC2CC(=O)O)c(Cl)c2ccccc21. The van der Waals surface area contributed by atoms with Crippen molar-refractivity contribution in [2.24, 2.45) is 7.05 Å².